The largest absolute Gasteiger partial charge is 0.503 e. The normalized spacial score (nSPS) is 17.4. The number of pyridine rings is 1. The van der Waals surface area contributed by atoms with Crippen LogP contribution in [0.3, 0.4) is 0 Å². The van der Waals surface area contributed by atoms with Crippen LogP contribution in [0, 0.1) is 6.92 Å². The van der Waals surface area contributed by atoms with E-state index < -0.39 is 17.7 Å². The first-order valence-corrected chi connectivity index (χ1v) is 8.24. The predicted octanol–water partition coefficient (Wildman–Crippen LogP) is 3.13. The van der Waals surface area contributed by atoms with Gasteiger partial charge in [-0.15, -0.1) is 0 Å². The van der Waals surface area contributed by atoms with Gasteiger partial charge < -0.3 is 9.51 Å². The molecule has 1 aliphatic heterocycles. The van der Waals surface area contributed by atoms with Crippen molar-refractivity contribution in [3.63, 3.8) is 0 Å². The number of Topliss-reactive ketones (excluding diaryl/α,β-unsaturated/α-hetero) is 1. The summed E-state index contributed by atoms with van der Waals surface area (Å²) in [6.07, 6.45) is 5.26. The molecule has 1 atom stereocenters. The highest BCUT2D eigenvalue weighted by Gasteiger charge is 2.43. The van der Waals surface area contributed by atoms with Crippen molar-refractivity contribution in [2.45, 2.75) is 19.9 Å². The van der Waals surface area contributed by atoms with Crippen LogP contribution >= 0.6 is 0 Å². The number of nitrogens with zero attached hydrogens (tertiary/aromatic N) is 3. The van der Waals surface area contributed by atoms with Crippen molar-refractivity contribution in [1.82, 2.24) is 9.38 Å². The van der Waals surface area contributed by atoms with Gasteiger partial charge in [-0.1, -0.05) is 29.8 Å². The molecule has 0 spiro atoms. The number of benzene rings is 1. The molecule has 1 aromatic carbocycles. The molecule has 0 fully saturated rings. The minimum absolute atomic E-state index is 0.113. The van der Waals surface area contributed by atoms with Crippen LogP contribution in [0.5, 0.6) is 0 Å². The summed E-state index contributed by atoms with van der Waals surface area (Å²) in [5, 5.41) is 10.4. The zero-order chi connectivity index (χ0) is 18.4. The number of fused-ring (bicyclic) bond motifs is 1. The number of hydrogen-bond donors (Lipinski definition) is 1. The van der Waals surface area contributed by atoms with Crippen LogP contribution in [0.25, 0.3) is 5.65 Å². The Labute approximate surface area is 150 Å². The maximum Gasteiger partial charge on any atom is 0.294 e. The fraction of sp³-hybridized carbons (Fsp3) is 0.150. The highest BCUT2D eigenvalue weighted by Crippen LogP contribution is 2.41. The number of aromatic nitrogens is 2. The summed E-state index contributed by atoms with van der Waals surface area (Å²) >= 11 is 0. The molecule has 1 aliphatic rings. The van der Waals surface area contributed by atoms with E-state index in [-0.39, 0.29) is 11.4 Å². The van der Waals surface area contributed by atoms with Gasteiger partial charge in [-0.05, 0) is 25.5 Å². The van der Waals surface area contributed by atoms with Gasteiger partial charge in [0.1, 0.15) is 5.65 Å². The SMILES string of the molecule is CC(=O)C1=C(O)C(=O)N(c2ccn3ccnc3c2)C1c1ccc(C)cc1. The van der Waals surface area contributed by atoms with E-state index in [4.69, 9.17) is 0 Å². The van der Waals surface area contributed by atoms with E-state index in [1.807, 2.05) is 35.6 Å². The predicted molar refractivity (Wildman–Crippen MR) is 96.9 cm³/mol. The molecule has 1 N–H and O–H groups in total. The monoisotopic (exact) mass is 347 g/mol. The van der Waals surface area contributed by atoms with Crippen molar-refractivity contribution in [3.05, 3.63) is 77.4 Å². The van der Waals surface area contributed by atoms with Crippen LogP contribution in [0.1, 0.15) is 24.1 Å². The summed E-state index contributed by atoms with van der Waals surface area (Å²) in [7, 11) is 0. The molecule has 4 rings (SSSR count). The van der Waals surface area contributed by atoms with Gasteiger partial charge >= 0.3 is 0 Å². The zero-order valence-electron chi connectivity index (χ0n) is 14.4. The van der Waals surface area contributed by atoms with Crippen LogP contribution in [0.4, 0.5) is 5.69 Å². The molecule has 0 saturated carbocycles. The van der Waals surface area contributed by atoms with Crippen molar-refractivity contribution in [2.24, 2.45) is 0 Å². The third-order valence-electron chi connectivity index (χ3n) is 4.64. The highest BCUT2D eigenvalue weighted by atomic mass is 16.3. The number of aliphatic hydroxyl groups excluding tert-OH is 1. The number of aryl methyl sites for hydroxylation is 1. The molecule has 6 nitrogen and oxygen atoms in total. The number of imidazole rings is 1. The first-order chi connectivity index (χ1) is 12.5. The van der Waals surface area contributed by atoms with Crippen molar-refractivity contribution in [2.75, 3.05) is 4.90 Å². The van der Waals surface area contributed by atoms with Crippen LogP contribution in [-0.4, -0.2) is 26.2 Å². The van der Waals surface area contributed by atoms with E-state index in [1.54, 1.807) is 30.7 Å². The lowest BCUT2D eigenvalue weighted by Crippen LogP contribution is -2.30. The molecule has 0 aliphatic carbocycles. The van der Waals surface area contributed by atoms with E-state index in [0.717, 1.165) is 11.1 Å². The van der Waals surface area contributed by atoms with Gasteiger partial charge in [0.15, 0.2) is 11.5 Å². The Bertz CT molecular complexity index is 1060. The van der Waals surface area contributed by atoms with Gasteiger partial charge in [-0.2, -0.15) is 0 Å². The molecular formula is C20H17N3O3. The Hall–Kier alpha value is -3.41. The second-order valence-electron chi connectivity index (χ2n) is 6.38. The lowest BCUT2D eigenvalue weighted by Gasteiger charge is -2.26. The van der Waals surface area contributed by atoms with Crippen LogP contribution in [-0.2, 0) is 9.59 Å². The number of hydrogen-bond acceptors (Lipinski definition) is 4. The molecule has 0 saturated heterocycles. The maximum atomic E-state index is 12.8. The minimum atomic E-state index is -0.669. The van der Waals surface area contributed by atoms with Crippen LogP contribution in [0.15, 0.2) is 66.3 Å². The maximum absolute atomic E-state index is 12.8. The number of carbonyl (C=O) groups excluding carboxylic acids is 2. The Balaban J connectivity index is 1.89. The van der Waals surface area contributed by atoms with E-state index in [9.17, 15) is 14.7 Å². The summed E-state index contributed by atoms with van der Waals surface area (Å²) in [6.45, 7) is 3.33. The van der Waals surface area contributed by atoms with Gasteiger partial charge in [0.25, 0.3) is 5.91 Å². The molecule has 1 unspecified atom stereocenters. The van der Waals surface area contributed by atoms with Crippen molar-refractivity contribution in [1.29, 1.82) is 0 Å². The van der Waals surface area contributed by atoms with E-state index in [0.29, 0.717) is 11.3 Å². The third kappa shape index (κ3) is 2.38. The van der Waals surface area contributed by atoms with Gasteiger partial charge in [-0.25, -0.2) is 4.98 Å². The lowest BCUT2D eigenvalue weighted by molar-refractivity contribution is -0.117. The molecule has 3 aromatic rings. The standard InChI is InChI=1S/C20H17N3O3/c1-12-3-5-14(6-4-12)18-17(13(2)24)19(25)20(26)23(18)15-7-9-22-10-8-21-16(22)11-15/h3-11,18,25H,1-2H3. The molecule has 130 valence electrons. The number of rotatable bonds is 3. The van der Waals surface area contributed by atoms with Gasteiger partial charge in [0.2, 0.25) is 0 Å². The van der Waals surface area contributed by atoms with E-state index in [2.05, 4.69) is 4.98 Å². The molecule has 26 heavy (non-hydrogen) atoms. The average molecular weight is 347 g/mol. The smallest absolute Gasteiger partial charge is 0.294 e. The Morgan fingerprint density at radius 1 is 1.15 bits per heavy atom. The lowest BCUT2D eigenvalue weighted by atomic mass is 9.96. The van der Waals surface area contributed by atoms with Gasteiger partial charge in [0.05, 0.1) is 17.3 Å². The molecular weight excluding hydrogens is 330 g/mol. The first-order valence-electron chi connectivity index (χ1n) is 8.24. The van der Waals surface area contributed by atoms with E-state index in [1.165, 1.54) is 11.8 Å². The molecule has 2 aromatic heterocycles. The van der Waals surface area contributed by atoms with Gasteiger partial charge in [-0.3, -0.25) is 14.5 Å². The van der Waals surface area contributed by atoms with Crippen molar-refractivity contribution in [3.8, 4) is 0 Å². The molecule has 6 heteroatoms. The van der Waals surface area contributed by atoms with Crippen molar-refractivity contribution < 1.29 is 14.7 Å². The summed E-state index contributed by atoms with van der Waals surface area (Å²) in [4.78, 5) is 30.7. The van der Waals surface area contributed by atoms with E-state index >= 15 is 0 Å². The first kappa shape index (κ1) is 16.1. The number of carbonyl (C=O) groups is 2. The average Bonchev–Trinajstić information content (AvgIpc) is 3.18. The second kappa shape index (κ2) is 5.84. The Morgan fingerprint density at radius 2 is 1.88 bits per heavy atom. The Kier molecular flexibility index (Phi) is 3.61. The molecule has 0 bridgehead atoms. The molecule has 3 heterocycles. The summed E-state index contributed by atoms with van der Waals surface area (Å²) in [5.41, 5.74) is 3.19. The van der Waals surface area contributed by atoms with Gasteiger partial charge in [0, 0.05) is 24.7 Å². The molecule has 1 amide bonds. The fourth-order valence-electron chi connectivity index (χ4n) is 3.34. The topological polar surface area (TPSA) is 74.9 Å². The fourth-order valence-corrected chi connectivity index (χ4v) is 3.34. The molecule has 0 radical (unpaired) electrons. The van der Waals surface area contributed by atoms with Crippen molar-refractivity contribution >= 4 is 23.0 Å². The number of aliphatic hydroxyl groups is 1. The number of amides is 1. The van der Waals surface area contributed by atoms with Crippen LogP contribution in [0.2, 0.25) is 0 Å². The summed E-state index contributed by atoms with van der Waals surface area (Å²) in [5.74, 6) is -1.41. The minimum Gasteiger partial charge on any atom is -0.503 e. The summed E-state index contributed by atoms with van der Waals surface area (Å²) < 4.78 is 1.82. The quantitative estimate of drug-likeness (QED) is 0.790. The number of anilines is 1. The Morgan fingerprint density at radius 3 is 2.58 bits per heavy atom. The number of ketones is 1. The third-order valence-corrected chi connectivity index (χ3v) is 4.64. The van der Waals surface area contributed by atoms with Crippen LogP contribution < -0.4 is 4.90 Å². The summed E-state index contributed by atoms with van der Waals surface area (Å²) in [6, 6.07) is 10.4. The highest BCUT2D eigenvalue weighted by molar-refractivity contribution is 6.16. The zero-order valence-corrected chi connectivity index (χ0v) is 14.4. The second-order valence-corrected chi connectivity index (χ2v) is 6.38.